The van der Waals surface area contributed by atoms with Crippen molar-refractivity contribution in [2.24, 2.45) is 5.92 Å². The molecule has 2 heterocycles. The van der Waals surface area contributed by atoms with Gasteiger partial charge in [-0.25, -0.2) is 4.98 Å². The van der Waals surface area contributed by atoms with Crippen LogP contribution in [-0.2, 0) is 15.0 Å². The second-order valence-corrected chi connectivity index (χ2v) is 11.6. The van der Waals surface area contributed by atoms with Gasteiger partial charge in [0.1, 0.15) is 5.54 Å². The van der Waals surface area contributed by atoms with Crippen LogP contribution in [0.2, 0.25) is 0 Å². The fourth-order valence-electron chi connectivity index (χ4n) is 4.99. The lowest BCUT2D eigenvalue weighted by Crippen LogP contribution is -2.56. The van der Waals surface area contributed by atoms with E-state index < -0.39 is 27.6 Å². The number of rotatable bonds is 6. The van der Waals surface area contributed by atoms with Crippen LogP contribution in [0.3, 0.4) is 0 Å². The van der Waals surface area contributed by atoms with Gasteiger partial charge in [0.05, 0.1) is 15.2 Å². The van der Waals surface area contributed by atoms with Crippen molar-refractivity contribution in [2.45, 2.75) is 25.3 Å². The number of hydrogen-bond acceptors (Lipinski definition) is 6. The highest BCUT2D eigenvalue weighted by Crippen LogP contribution is 2.57. The van der Waals surface area contributed by atoms with Gasteiger partial charge >= 0.3 is 5.97 Å². The first kappa shape index (κ1) is 22.3. The lowest BCUT2D eigenvalue weighted by Gasteiger charge is -2.36. The second kappa shape index (κ2) is 8.05. The molecule has 0 bridgehead atoms. The highest BCUT2D eigenvalue weighted by atomic mass is 32.2. The highest BCUT2D eigenvalue weighted by molar-refractivity contribution is 7.87. The van der Waals surface area contributed by atoms with Gasteiger partial charge in [0.25, 0.3) is 10.2 Å². The van der Waals surface area contributed by atoms with Crippen LogP contribution in [0.15, 0.2) is 48.5 Å². The number of aromatic nitrogens is 1. The Balaban J connectivity index is 1.30. The number of nitrogens with zero attached hydrogens (tertiary/aromatic N) is 3. The highest BCUT2D eigenvalue weighted by Gasteiger charge is 2.70. The molecule has 33 heavy (non-hydrogen) atoms. The topological polar surface area (TPSA) is 103 Å². The molecule has 0 radical (unpaired) electrons. The van der Waals surface area contributed by atoms with Crippen molar-refractivity contribution in [3.8, 4) is 0 Å². The molecule has 1 aliphatic carbocycles. The zero-order valence-electron chi connectivity index (χ0n) is 18.4. The third-order valence-corrected chi connectivity index (χ3v) is 9.42. The van der Waals surface area contributed by atoms with Crippen LogP contribution in [0.5, 0.6) is 0 Å². The number of hydrogen-bond donors (Lipinski definition) is 2. The second-order valence-electron chi connectivity index (χ2n) is 8.73. The molecule has 1 aromatic heterocycles. The number of carboxylic acid groups (broad SMARTS) is 1. The van der Waals surface area contributed by atoms with Crippen LogP contribution in [0, 0.1) is 12.8 Å². The Hall–Kier alpha value is -2.53. The van der Waals surface area contributed by atoms with Gasteiger partial charge in [0, 0.05) is 37.8 Å². The number of thiazole rings is 1. The van der Waals surface area contributed by atoms with E-state index >= 15 is 0 Å². The average Bonchev–Trinajstić information content (AvgIpc) is 3.19. The minimum atomic E-state index is -3.97. The first-order valence-corrected chi connectivity index (χ1v) is 13.2. The van der Waals surface area contributed by atoms with Crippen molar-refractivity contribution >= 4 is 43.4 Å². The van der Waals surface area contributed by atoms with Crippen LogP contribution >= 0.6 is 11.3 Å². The third-order valence-electron chi connectivity index (χ3n) is 6.83. The molecule has 2 N–H and O–H groups in total. The standard InChI is InChI=1S/C23H26N4O4S2/c1-15-21(17-6-4-3-5-7-17)23(15,22(28)29)25-33(30,31)27-12-10-26(11-13-27)18-8-9-20-19(14-18)24-16(2)32-20/h3-9,14-15,21,25H,10-13H2,1-2H3,(H,28,29)/t15-,21-,23+/m1/s1. The Morgan fingerprint density at radius 1 is 1.15 bits per heavy atom. The van der Waals surface area contributed by atoms with Gasteiger partial charge in [-0.2, -0.15) is 17.4 Å². The Morgan fingerprint density at radius 3 is 2.52 bits per heavy atom. The molecular formula is C23H26N4O4S2. The lowest BCUT2D eigenvalue weighted by atomic mass is 10.1. The van der Waals surface area contributed by atoms with Crippen molar-refractivity contribution in [3.63, 3.8) is 0 Å². The zero-order chi connectivity index (χ0) is 23.4. The molecule has 1 saturated heterocycles. The molecule has 1 aliphatic heterocycles. The number of anilines is 1. The van der Waals surface area contributed by atoms with Gasteiger partial charge < -0.3 is 10.0 Å². The number of piperazine rings is 1. The number of benzene rings is 2. The molecule has 0 spiro atoms. The van der Waals surface area contributed by atoms with E-state index in [0.29, 0.717) is 13.1 Å². The Bertz CT molecular complexity index is 1300. The summed E-state index contributed by atoms with van der Waals surface area (Å²) in [5.74, 6) is -1.89. The number of aryl methyl sites for hydroxylation is 1. The maximum Gasteiger partial charge on any atom is 0.325 e. The molecule has 3 aromatic rings. The van der Waals surface area contributed by atoms with Gasteiger partial charge in [-0.3, -0.25) is 4.79 Å². The largest absolute Gasteiger partial charge is 0.480 e. The van der Waals surface area contributed by atoms with Crippen molar-refractivity contribution in [3.05, 3.63) is 59.1 Å². The zero-order valence-corrected chi connectivity index (χ0v) is 20.1. The monoisotopic (exact) mass is 486 g/mol. The fraction of sp³-hybridized carbons (Fsp3) is 0.391. The molecule has 2 fully saturated rings. The molecule has 3 atom stereocenters. The van der Waals surface area contributed by atoms with Crippen LogP contribution in [0.4, 0.5) is 5.69 Å². The van der Waals surface area contributed by atoms with Crippen LogP contribution in [0.25, 0.3) is 10.2 Å². The normalized spacial score (nSPS) is 25.9. The first-order chi connectivity index (χ1) is 15.7. The molecule has 0 unspecified atom stereocenters. The van der Waals surface area contributed by atoms with E-state index in [9.17, 15) is 18.3 Å². The molecule has 8 nitrogen and oxygen atoms in total. The number of fused-ring (bicyclic) bond motifs is 1. The van der Waals surface area contributed by atoms with E-state index in [0.717, 1.165) is 26.5 Å². The summed E-state index contributed by atoms with van der Waals surface area (Å²) in [6, 6.07) is 15.4. The van der Waals surface area contributed by atoms with E-state index in [-0.39, 0.29) is 19.0 Å². The maximum absolute atomic E-state index is 13.2. The Kier molecular flexibility index (Phi) is 5.43. The quantitative estimate of drug-likeness (QED) is 0.556. The van der Waals surface area contributed by atoms with Crippen molar-refractivity contribution in [1.82, 2.24) is 14.0 Å². The Labute approximate surface area is 197 Å². The van der Waals surface area contributed by atoms with Crippen LogP contribution in [0.1, 0.15) is 23.4 Å². The fourth-order valence-corrected chi connectivity index (χ4v) is 7.40. The molecule has 2 aliphatic rings. The molecule has 10 heteroatoms. The lowest BCUT2D eigenvalue weighted by molar-refractivity contribution is -0.140. The van der Waals surface area contributed by atoms with E-state index in [4.69, 9.17) is 0 Å². The van der Waals surface area contributed by atoms with E-state index in [1.807, 2.05) is 49.4 Å². The van der Waals surface area contributed by atoms with Crippen molar-refractivity contribution in [1.29, 1.82) is 0 Å². The predicted molar refractivity (Wildman–Crippen MR) is 129 cm³/mol. The van der Waals surface area contributed by atoms with Gasteiger partial charge in [-0.1, -0.05) is 37.3 Å². The van der Waals surface area contributed by atoms with Gasteiger partial charge in [0.15, 0.2) is 0 Å². The number of nitrogens with one attached hydrogen (secondary N) is 1. The summed E-state index contributed by atoms with van der Waals surface area (Å²) in [6.45, 7) is 5.37. The van der Waals surface area contributed by atoms with Crippen LogP contribution in [-0.4, -0.2) is 60.5 Å². The predicted octanol–water partition coefficient (Wildman–Crippen LogP) is 2.82. The molecule has 2 aromatic carbocycles. The Morgan fingerprint density at radius 2 is 1.85 bits per heavy atom. The van der Waals surface area contributed by atoms with Gasteiger partial charge in [-0.05, 0) is 36.6 Å². The van der Waals surface area contributed by atoms with E-state index in [2.05, 4.69) is 20.7 Å². The SMILES string of the molecule is Cc1nc2cc(N3CCN(S(=O)(=O)N[C@@]4(C(=O)O)[C@H](C)[C@@H]4c4ccccc4)CC3)ccc2s1. The first-order valence-electron chi connectivity index (χ1n) is 10.9. The van der Waals surface area contributed by atoms with Gasteiger partial charge in [-0.15, -0.1) is 11.3 Å². The number of carboxylic acids is 1. The molecule has 5 rings (SSSR count). The van der Waals surface area contributed by atoms with Gasteiger partial charge in [0.2, 0.25) is 0 Å². The van der Waals surface area contributed by atoms with E-state index in [1.54, 1.807) is 18.3 Å². The number of aliphatic carboxylic acids is 1. The third kappa shape index (κ3) is 3.80. The summed E-state index contributed by atoms with van der Waals surface area (Å²) in [7, 11) is -3.97. The minimum Gasteiger partial charge on any atom is -0.480 e. The summed E-state index contributed by atoms with van der Waals surface area (Å²) in [6.07, 6.45) is 0. The average molecular weight is 487 g/mol. The summed E-state index contributed by atoms with van der Waals surface area (Å²) >= 11 is 1.65. The van der Waals surface area contributed by atoms with Crippen molar-refractivity contribution < 1.29 is 18.3 Å². The summed E-state index contributed by atoms with van der Waals surface area (Å²) in [4.78, 5) is 18.9. The summed E-state index contributed by atoms with van der Waals surface area (Å²) < 4.78 is 31.5. The minimum absolute atomic E-state index is 0.281. The summed E-state index contributed by atoms with van der Waals surface area (Å²) in [5, 5.41) is 11.0. The molecule has 1 saturated carbocycles. The van der Waals surface area contributed by atoms with Crippen LogP contribution < -0.4 is 9.62 Å². The molecule has 174 valence electrons. The number of carbonyl (C=O) groups is 1. The maximum atomic E-state index is 13.2. The molecular weight excluding hydrogens is 460 g/mol. The van der Waals surface area contributed by atoms with E-state index in [1.165, 1.54) is 4.31 Å². The summed E-state index contributed by atoms with van der Waals surface area (Å²) in [5.41, 5.74) is 1.27. The smallest absolute Gasteiger partial charge is 0.325 e. The van der Waals surface area contributed by atoms with Crippen molar-refractivity contribution in [2.75, 3.05) is 31.1 Å². The molecule has 0 amide bonds.